The molecule has 0 aliphatic carbocycles. The first kappa shape index (κ1) is 12.4. The third kappa shape index (κ3) is 3.85. The van der Waals surface area contributed by atoms with Gasteiger partial charge in [0.1, 0.15) is 5.71 Å². The van der Waals surface area contributed by atoms with Crippen LogP contribution in [-0.4, -0.2) is 16.7 Å². The number of hydrogen-bond acceptors (Lipinski definition) is 4. The van der Waals surface area contributed by atoms with E-state index >= 15 is 0 Å². The fourth-order valence-electron chi connectivity index (χ4n) is 1.02. The highest BCUT2D eigenvalue weighted by molar-refractivity contribution is 6.38. The number of carbonyl (C=O) groups excluding carboxylic acids is 1. The molecule has 0 spiro atoms. The van der Waals surface area contributed by atoms with Crippen LogP contribution in [0.25, 0.3) is 0 Å². The number of Topliss-reactive ketones (excluding diaryl/α,β-unsaturated/α-hetero) is 1. The van der Waals surface area contributed by atoms with E-state index < -0.39 is 0 Å². The molecule has 1 N–H and O–H groups in total. The molecule has 0 amide bonds. The number of allylic oxidation sites excluding steroid dienone is 1. The second kappa shape index (κ2) is 5.92. The summed E-state index contributed by atoms with van der Waals surface area (Å²) in [5, 5.41) is 20.0. The first-order valence-electron chi connectivity index (χ1n) is 4.27. The van der Waals surface area contributed by atoms with Crippen LogP contribution in [0.1, 0.15) is 26.7 Å². The van der Waals surface area contributed by atoms with Crippen molar-refractivity contribution >= 4 is 11.5 Å². The Morgan fingerprint density at radius 1 is 1.64 bits per heavy atom. The van der Waals surface area contributed by atoms with Crippen molar-refractivity contribution in [3.63, 3.8) is 0 Å². The van der Waals surface area contributed by atoms with Gasteiger partial charge in [0.25, 0.3) is 0 Å². The van der Waals surface area contributed by atoms with E-state index in [1.54, 1.807) is 6.92 Å². The Labute approximate surface area is 83.5 Å². The van der Waals surface area contributed by atoms with Crippen molar-refractivity contribution in [3.05, 3.63) is 12.2 Å². The molecule has 76 valence electrons. The van der Waals surface area contributed by atoms with Crippen LogP contribution in [0.5, 0.6) is 0 Å². The molecule has 0 aromatic rings. The van der Waals surface area contributed by atoms with Crippen LogP contribution < -0.4 is 0 Å². The van der Waals surface area contributed by atoms with Gasteiger partial charge in [-0.15, -0.1) is 0 Å². The van der Waals surface area contributed by atoms with Crippen LogP contribution in [0.4, 0.5) is 0 Å². The first-order chi connectivity index (χ1) is 6.52. The summed E-state index contributed by atoms with van der Waals surface area (Å²) in [6.45, 7) is 6.84. The number of hydrogen-bond donors (Lipinski definition) is 1. The molecular formula is C10H14N2O2. The second-order valence-electron chi connectivity index (χ2n) is 3.21. The monoisotopic (exact) mass is 194 g/mol. The Kier molecular flexibility index (Phi) is 5.23. The molecule has 0 saturated heterocycles. The van der Waals surface area contributed by atoms with Gasteiger partial charge in [-0.3, -0.25) is 4.79 Å². The minimum Gasteiger partial charge on any atom is -0.411 e. The molecule has 4 nitrogen and oxygen atoms in total. The average Bonchev–Trinajstić information content (AvgIpc) is 2.11. The summed E-state index contributed by atoms with van der Waals surface area (Å²) < 4.78 is 0. The van der Waals surface area contributed by atoms with Crippen LogP contribution >= 0.6 is 0 Å². The Morgan fingerprint density at radius 3 is 2.50 bits per heavy atom. The maximum atomic E-state index is 10.9. The van der Waals surface area contributed by atoms with Crippen molar-refractivity contribution in [1.29, 1.82) is 5.26 Å². The molecule has 0 heterocycles. The van der Waals surface area contributed by atoms with E-state index in [2.05, 4.69) is 11.7 Å². The van der Waals surface area contributed by atoms with Gasteiger partial charge >= 0.3 is 0 Å². The van der Waals surface area contributed by atoms with E-state index in [-0.39, 0.29) is 30.3 Å². The van der Waals surface area contributed by atoms with Gasteiger partial charge in [0.2, 0.25) is 0 Å². The van der Waals surface area contributed by atoms with E-state index in [1.165, 1.54) is 6.92 Å². The molecule has 0 bridgehead atoms. The van der Waals surface area contributed by atoms with Crippen molar-refractivity contribution in [1.82, 2.24) is 0 Å². The van der Waals surface area contributed by atoms with Gasteiger partial charge in [-0.1, -0.05) is 17.3 Å². The molecule has 0 rings (SSSR count). The molecule has 0 aromatic heterocycles. The van der Waals surface area contributed by atoms with Crippen LogP contribution in [0, 0.1) is 17.2 Å². The smallest absolute Gasteiger partial charge is 0.177 e. The summed E-state index contributed by atoms with van der Waals surface area (Å²) in [6, 6.07) is 2.01. The number of nitriles is 1. The molecule has 0 aromatic carbocycles. The minimum atomic E-state index is -0.281. The van der Waals surface area contributed by atoms with Gasteiger partial charge in [-0.2, -0.15) is 5.26 Å². The van der Waals surface area contributed by atoms with Gasteiger partial charge in [-0.05, 0) is 12.8 Å². The quantitative estimate of drug-likeness (QED) is 0.314. The van der Waals surface area contributed by atoms with Crippen LogP contribution in [0.2, 0.25) is 0 Å². The Hall–Kier alpha value is -1.63. The van der Waals surface area contributed by atoms with E-state index in [4.69, 9.17) is 10.5 Å². The molecule has 0 aliphatic rings. The fourth-order valence-corrected chi connectivity index (χ4v) is 1.02. The summed E-state index contributed by atoms with van der Waals surface area (Å²) in [5.74, 6) is -0.397. The highest BCUT2D eigenvalue weighted by atomic mass is 16.4. The van der Waals surface area contributed by atoms with Gasteiger partial charge in [0, 0.05) is 19.8 Å². The van der Waals surface area contributed by atoms with Gasteiger partial charge in [-0.25, -0.2) is 0 Å². The van der Waals surface area contributed by atoms with E-state index in [1.807, 2.05) is 6.07 Å². The molecule has 0 aliphatic heterocycles. The van der Waals surface area contributed by atoms with Crippen LogP contribution in [-0.2, 0) is 4.79 Å². The zero-order valence-corrected chi connectivity index (χ0v) is 8.45. The van der Waals surface area contributed by atoms with Crippen molar-refractivity contribution in [2.75, 3.05) is 0 Å². The lowest BCUT2D eigenvalue weighted by atomic mass is 9.92. The molecule has 1 atom stereocenters. The lowest BCUT2D eigenvalue weighted by Gasteiger charge is -2.12. The standard InChI is InChI=1S/C10H14N2O2/c1-7(2)9(4-5-11)6-10(12-14)8(3)13/h9,14H,1,4,6H2,2-3H3/b12-10-/t9-/m1/s1. The highest BCUT2D eigenvalue weighted by Gasteiger charge is 2.16. The van der Waals surface area contributed by atoms with Crippen molar-refractivity contribution in [3.8, 4) is 6.07 Å². The molecule has 0 radical (unpaired) electrons. The second-order valence-corrected chi connectivity index (χ2v) is 3.21. The zero-order chi connectivity index (χ0) is 11.1. The Bertz CT molecular complexity index is 300. The molecular weight excluding hydrogens is 180 g/mol. The average molecular weight is 194 g/mol. The number of oxime groups is 1. The third-order valence-electron chi connectivity index (χ3n) is 2.00. The van der Waals surface area contributed by atoms with Crippen LogP contribution in [0.3, 0.4) is 0 Å². The predicted octanol–water partition coefficient (Wildman–Crippen LogP) is 1.90. The summed E-state index contributed by atoms with van der Waals surface area (Å²) in [6.07, 6.45) is 0.552. The summed E-state index contributed by atoms with van der Waals surface area (Å²) in [5.41, 5.74) is 0.905. The van der Waals surface area contributed by atoms with E-state index in [0.717, 1.165) is 5.57 Å². The zero-order valence-electron chi connectivity index (χ0n) is 8.45. The summed E-state index contributed by atoms with van der Waals surface area (Å²) >= 11 is 0. The van der Waals surface area contributed by atoms with Crippen molar-refractivity contribution in [2.45, 2.75) is 26.7 Å². The van der Waals surface area contributed by atoms with E-state index in [0.29, 0.717) is 0 Å². The fraction of sp³-hybridized carbons (Fsp3) is 0.500. The molecule has 0 fully saturated rings. The lowest BCUT2D eigenvalue weighted by Crippen LogP contribution is -2.16. The molecule has 0 saturated carbocycles. The predicted molar refractivity (Wildman–Crippen MR) is 53.1 cm³/mol. The van der Waals surface area contributed by atoms with Crippen LogP contribution in [0.15, 0.2) is 17.3 Å². The SMILES string of the molecule is C=C(C)[C@H](CC#N)C/C(=N/O)C(C)=O. The van der Waals surface area contributed by atoms with Gasteiger partial charge in [0.05, 0.1) is 6.07 Å². The number of ketones is 1. The minimum absolute atomic E-state index is 0.0910. The highest BCUT2D eigenvalue weighted by Crippen LogP contribution is 2.17. The van der Waals surface area contributed by atoms with Gasteiger partial charge < -0.3 is 5.21 Å². The Morgan fingerprint density at radius 2 is 2.21 bits per heavy atom. The summed E-state index contributed by atoms with van der Waals surface area (Å²) in [4.78, 5) is 10.9. The lowest BCUT2D eigenvalue weighted by molar-refractivity contribution is -0.111. The maximum Gasteiger partial charge on any atom is 0.177 e. The maximum absolute atomic E-state index is 10.9. The largest absolute Gasteiger partial charge is 0.411 e. The number of nitrogens with zero attached hydrogens (tertiary/aromatic N) is 2. The third-order valence-corrected chi connectivity index (χ3v) is 2.00. The Balaban J connectivity index is 4.52. The topological polar surface area (TPSA) is 73.4 Å². The van der Waals surface area contributed by atoms with Crippen molar-refractivity contribution in [2.24, 2.45) is 11.1 Å². The molecule has 4 heteroatoms. The number of rotatable bonds is 5. The molecule has 14 heavy (non-hydrogen) atoms. The number of carbonyl (C=O) groups is 1. The normalized spacial score (nSPS) is 13.1. The molecule has 0 unspecified atom stereocenters. The first-order valence-corrected chi connectivity index (χ1v) is 4.27. The summed E-state index contributed by atoms with van der Waals surface area (Å²) in [7, 11) is 0. The van der Waals surface area contributed by atoms with E-state index in [9.17, 15) is 4.79 Å². The van der Waals surface area contributed by atoms with Gasteiger partial charge in [0.15, 0.2) is 5.78 Å². The van der Waals surface area contributed by atoms with Crippen molar-refractivity contribution < 1.29 is 10.0 Å².